The Hall–Kier alpha value is -2.39. The molecule has 0 fully saturated rings. The molecule has 0 aliphatic carbocycles. The largest absolute Gasteiger partial charge is 0.489 e. The molecule has 2 aromatic rings. The number of hydrogen-bond acceptors (Lipinski definition) is 3. The lowest BCUT2D eigenvalue weighted by molar-refractivity contribution is 0.0903. The van der Waals surface area contributed by atoms with E-state index in [1.165, 1.54) is 0 Å². The second-order valence-electron chi connectivity index (χ2n) is 4.71. The molecule has 21 heavy (non-hydrogen) atoms. The molecule has 3 nitrogen and oxygen atoms in total. The number of aliphatic hydroxyl groups excluding tert-OH is 1. The smallest absolute Gasteiger partial charge is 0.188 e. The first-order valence-corrected chi connectivity index (χ1v) is 6.78. The van der Waals surface area contributed by atoms with E-state index < -0.39 is 6.61 Å². The van der Waals surface area contributed by atoms with Crippen LogP contribution in [0.1, 0.15) is 21.5 Å². The minimum absolute atomic E-state index is 0.314. The highest BCUT2D eigenvalue weighted by Gasteiger charge is 2.08. The molecule has 0 heterocycles. The van der Waals surface area contributed by atoms with Crippen LogP contribution in [0.25, 0.3) is 0 Å². The van der Waals surface area contributed by atoms with Gasteiger partial charge in [0.1, 0.15) is 19.0 Å². The number of rotatable bonds is 7. The van der Waals surface area contributed by atoms with Gasteiger partial charge in [-0.2, -0.15) is 0 Å². The average molecular weight is 282 g/mol. The SMILES string of the molecule is C=CCc1cc(OCc2ccccc2)cc(C(=O)CO)c1. The summed E-state index contributed by atoms with van der Waals surface area (Å²) in [7, 11) is 0. The van der Waals surface area contributed by atoms with E-state index in [4.69, 9.17) is 9.84 Å². The number of Topliss-reactive ketones (excluding diaryl/α,β-unsaturated/α-hetero) is 1. The van der Waals surface area contributed by atoms with Crippen molar-refractivity contribution >= 4 is 5.78 Å². The van der Waals surface area contributed by atoms with Crippen molar-refractivity contribution < 1.29 is 14.6 Å². The molecule has 0 bridgehead atoms. The predicted molar refractivity (Wildman–Crippen MR) is 82.5 cm³/mol. The van der Waals surface area contributed by atoms with E-state index in [0.717, 1.165) is 11.1 Å². The topological polar surface area (TPSA) is 46.5 Å². The molecule has 2 rings (SSSR count). The van der Waals surface area contributed by atoms with Gasteiger partial charge < -0.3 is 9.84 Å². The zero-order chi connectivity index (χ0) is 15.1. The molecule has 0 aliphatic heterocycles. The summed E-state index contributed by atoms with van der Waals surface area (Å²) in [5.41, 5.74) is 2.45. The van der Waals surface area contributed by atoms with Crippen LogP contribution in [0.5, 0.6) is 5.75 Å². The van der Waals surface area contributed by atoms with Crippen LogP contribution in [0.15, 0.2) is 61.2 Å². The molecule has 0 amide bonds. The molecule has 0 radical (unpaired) electrons. The Balaban J connectivity index is 2.19. The van der Waals surface area contributed by atoms with Crippen molar-refractivity contribution in [2.24, 2.45) is 0 Å². The van der Waals surface area contributed by atoms with E-state index in [-0.39, 0.29) is 5.78 Å². The third-order valence-corrected chi connectivity index (χ3v) is 3.06. The lowest BCUT2D eigenvalue weighted by Crippen LogP contribution is -2.06. The molecule has 108 valence electrons. The summed E-state index contributed by atoms with van der Waals surface area (Å²) in [6, 6.07) is 15.1. The molecule has 0 aliphatic rings. The molecular formula is C18H18O3. The maximum Gasteiger partial charge on any atom is 0.188 e. The van der Waals surface area contributed by atoms with Crippen LogP contribution >= 0.6 is 0 Å². The van der Waals surface area contributed by atoms with Gasteiger partial charge in [0.05, 0.1) is 0 Å². The highest BCUT2D eigenvalue weighted by molar-refractivity contribution is 5.97. The van der Waals surface area contributed by atoms with Gasteiger partial charge in [-0.05, 0) is 35.7 Å². The number of allylic oxidation sites excluding steroid dienone is 1. The summed E-state index contributed by atoms with van der Waals surface area (Å²) >= 11 is 0. The summed E-state index contributed by atoms with van der Waals surface area (Å²) in [4.78, 5) is 11.7. The maximum absolute atomic E-state index is 11.7. The predicted octanol–water partition coefficient (Wildman–Crippen LogP) is 3.17. The van der Waals surface area contributed by atoms with Crippen molar-refractivity contribution in [3.8, 4) is 5.75 Å². The molecule has 0 atom stereocenters. The molecule has 0 saturated heterocycles. The van der Waals surface area contributed by atoms with E-state index in [0.29, 0.717) is 24.3 Å². The third-order valence-electron chi connectivity index (χ3n) is 3.06. The number of carbonyl (C=O) groups excluding carboxylic acids is 1. The van der Waals surface area contributed by atoms with E-state index in [1.54, 1.807) is 18.2 Å². The van der Waals surface area contributed by atoms with Crippen LogP contribution in [0.3, 0.4) is 0 Å². The fourth-order valence-corrected chi connectivity index (χ4v) is 2.02. The number of ketones is 1. The Kier molecular flexibility index (Phi) is 5.29. The standard InChI is InChI=1S/C18H18O3/c1-2-6-15-9-16(18(20)12-19)11-17(10-15)21-13-14-7-4-3-5-8-14/h2-5,7-11,19H,1,6,12-13H2. The number of benzene rings is 2. The summed E-state index contributed by atoms with van der Waals surface area (Å²) < 4.78 is 5.75. The van der Waals surface area contributed by atoms with E-state index >= 15 is 0 Å². The second-order valence-corrected chi connectivity index (χ2v) is 4.71. The molecule has 0 unspecified atom stereocenters. The molecule has 1 N–H and O–H groups in total. The van der Waals surface area contributed by atoms with Crippen molar-refractivity contribution in [1.29, 1.82) is 0 Å². The lowest BCUT2D eigenvalue weighted by atomic mass is 10.0. The first-order valence-electron chi connectivity index (χ1n) is 6.78. The summed E-state index contributed by atoms with van der Waals surface area (Å²) in [6.07, 6.45) is 2.41. The minimum atomic E-state index is -0.504. The number of ether oxygens (including phenoxy) is 1. The molecule has 3 heteroatoms. The van der Waals surface area contributed by atoms with E-state index in [9.17, 15) is 4.79 Å². The van der Waals surface area contributed by atoms with Crippen molar-refractivity contribution in [2.45, 2.75) is 13.0 Å². The third kappa shape index (κ3) is 4.29. The van der Waals surface area contributed by atoms with Crippen LogP contribution in [0.4, 0.5) is 0 Å². The molecule has 0 aromatic heterocycles. The molecule has 0 spiro atoms. The van der Waals surface area contributed by atoms with Gasteiger partial charge in [0.15, 0.2) is 5.78 Å². The number of carbonyl (C=O) groups is 1. The zero-order valence-electron chi connectivity index (χ0n) is 11.8. The zero-order valence-corrected chi connectivity index (χ0v) is 11.8. The van der Waals surface area contributed by atoms with Crippen LogP contribution in [-0.2, 0) is 13.0 Å². The Morgan fingerprint density at radius 1 is 1.14 bits per heavy atom. The van der Waals surface area contributed by atoms with Gasteiger partial charge in [0, 0.05) is 5.56 Å². The summed E-state index contributed by atoms with van der Waals surface area (Å²) in [5, 5.41) is 9.00. The maximum atomic E-state index is 11.7. The van der Waals surface area contributed by atoms with Crippen LogP contribution in [-0.4, -0.2) is 17.5 Å². The quantitative estimate of drug-likeness (QED) is 0.626. The van der Waals surface area contributed by atoms with E-state index in [1.807, 2.05) is 36.4 Å². The van der Waals surface area contributed by atoms with E-state index in [2.05, 4.69) is 6.58 Å². The van der Waals surface area contributed by atoms with Crippen LogP contribution in [0.2, 0.25) is 0 Å². The van der Waals surface area contributed by atoms with Gasteiger partial charge in [-0.3, -0.25) is 4.79 Å². The minimum Gasteiger partial charge on any atom is -0.489 e. The second kappa shape index (κ2) is 7.41. The lowest BCUT2D eigenvalue weighted by Gasteiger charge is -2.10. The Morgan fingerprint density at radius 3 is 2.57 bits per heavy atom. The van der Waals surface area contributed by atoms with Gasteiger partial charge >= 0.3 is 0 Å². The van der Waals surface area contributed by atoms with Gasteiger partial charge in [0.25, 0.3) is 0 Å². The van der Waals surface area contributed by atoms with Crippen LogP contribution < -0.4 is 4.74 Å². The summed E-state index contributed by atoms with van der Waals surface area (Å²) in [6.45, 7) is 3.63. The first kappa shape index (κ1) is 15.0. The van der Waals surface area contributed by atoms with Gasteiger partial charge in [-0.15, -0.1) is 6.58 Å². The van der Waals surface area contributed by atoms with Crippen molar-refractivity contribution in [3.63, 3.8) is 0 Å². The van der Waals surface area contributed by atoms with Crippen LogP contribution in [0, 0.1) is 0 Å². The van der Waals surface area contributed by atoms with Gasteiger partial charge in [0.2, 0.25) is 0 Å². The van der Waals surface area contributed by atoms with Gasteiger partial charge in [-0.25, -0.2) is 0 Å². The Bertz CT molecular complexity index is 618. The van der Waals surface area contributed by atoms with Crippen molar-refractivity contribution in [3.05, 3.63) is 77.9 Å². The number of aliphatic hydroxyl groups is 1. The Labute approximate surface area is 124 Å². The fourth-order valence-electron chi connectivity index (χ4n) is 2.02. The highest BCUT2D eigenvalue weighted by Crippen LogP contribution is 2.20. The summed E-state index contributed by atoms with van der Waals surface area (Å²) in [5.74, 6) is 0.306. The molecule has 2 aromatic carbocycles. The Morgan fingerprint density at radius 2 is 1.90 bits per heavy atom. The first-order chi connectivity index (χ1) is 10.2. The average Bonchev–Trinajstić information content (AvgIpc) is 2.53. The molecule has 0 saturated carbocycles. The monoisotopic (exact) mass is 282 g/mol. The van der Waals surface area contributed by atoms with Gasteiger partial charge in [-0.1, -0.05) is 36.4 Å². The normalized spacial score (nSPS) is 10.1. The highest BCUT2D eigenvalue weighted by atomic mass is 16.5. The molecular weight excluding hydrogens is 264 g/mol. The van der Waals surface area contributed by atoms with Crippen molar-refractivity contribution in [2.75, 3.05) is 6.61 Å². The fraction of sp³-hybridized carbons (Fsp3) is 0.167. The number of hydrogen-bond donors (Lipinski definition) is 1. The van der Waals surface area contributed by atoms with Crippen molar-refractivity contribution in [1.82, 2.24) is 0 Å².